The van der Waals surface area contributed by atoms with Crippen molar-refractivity contribution < 1.29 is 4.42 Å². The molecule has 6 heteroatoms. The third-order valence-corrected chi connectivity index (χ3v) is 3.31. The maximum atomic E-state index is 5.68. The highest BCUT2D eigenvalue weighted by atomic mass is 32.2. The van der Waals surface area contributed by atoms with Crippen LogP contribution in [0.25, 0.3) is 0 Å². The molecule has 0 unspecified atom stereocenters. The van der Waals surface area contributed by atoms with Gasteiger partial charge in [-0.1, -0.05) is 23.5 Å². The van der Waals surface area contributed by atoms with Crippen LogP contribution in [-0.2, 0) is 5.75 Å². The molecule has 0 saturated heterocycles. The fraction of sp³-hybridized carbons (Fsp3) is 0.200. The molecule has 0 aliphatic rings. The first-order valence-electron chi connectivity index (χ1n) is 4.61. The Kier molecular flexibility index (Phi) is 3.74. The van der Waals surface area contributed by atoms with Gasteiger partial charge in [0.15, 0.2) is 5.16 Å². The van der Waals surface area contributed by atoms with Crippen molar-refractivity contribution in [1.29, 1.82) is 0 Å². The van der Waals surface area contributed by atoms with Gasteiger partial charge in [0.05, 0.1) is 12.0 Å². The molecule has 0 aliphatic heterocycles. The van der Waals surface area contributed by atoms with Crippen molar-refractivity contribution in [2.75, 3.05) is 12.0 Å². The molecule has 16 heavy (non-hydrogen) atoms. The minimum absolute atomic E-state index is 0.501. The Labute approximate surface area is 102 Å². The minimum atomic E-state index is 0.501. The van der Waals surface area contributed by atoms with Crippen LogP contribution >= 0.6 is 23.5 Å². The number of aromatic nitrogens is 2. The van der Waals surface area contributed by atoms with E-state index in [4.69, 9.17) is 10.2 Å². The standard InChI is InChI=1S/C10H11N3OS2/c1-15-10-12-8(11)5-9(13-10)16-6-7-3-2-4-14-7/h2-5H,6H2,1H3,(H2,11,12,13). The summed E-state index contributed by atoms with van der Waals surface area (Å²) in [5.74, 6) is 2.17. The summed E-state index contributed by atoms with van der Waals surface area (Å²) in [6.45, 7) is 0. The van der Waals surface area contributed by atoms with Crippen LogP contribution in [0, 0.1) is 0 Å². The molecule has 2 aromatic rings. The number of hydrogen-bond donors (Lipinski definition) is 1. The van der Waals surface area contributed by atoms with E-state index in [1.807, 2.05) is 18.4 Å². The van der Waals surface area contributed by atoms with Crippen molar-refractivity contribution in [3.63, 3.8) is 0 Å². The molecule has 84 valence electrons. The lowest BCUT2D eigenvalue weighted by molar-refractivity contribution is 0.530. The molecule has 4 nitrogen and oxygen atoms in total. The fourth-order valence-electron chi connectivity index (χ4n) is 1.13. The molecule has 2 heterocycles. The fourth-order valence-corrected chi connectivity index (χ4v) is 2.38. The van der Waals surface area contributed by atoms with Gasteiger partial charge in [-0.15, -0.1) is 0 Å². The van der Waals surface area contributed by atoms with Gasteiger partial charge in [0.25, 0.3) is 0 Å². The molecule has 0 amide bonds. The van der Waals surface area contributed by atoms with Crippen LogP contribution in [0.1, 0.15) is 5.76 Å². The summed E-state index contributed by atoms with van der Waals surface area (Å²) in [7, 11) is 0. The molecule has 0 fully saturated rings. The number of nitrogens with zero attached hydrogens (tertiary/aromatic N) is 2. The number of hydrogen-bond acceptors (Lipinski definition) is 6. The first-order chi connectivity index (χ1) is 7.78. The summed E-state index contributed by atoms with van der Waals surface area (Å²) in [5, 5.41) is 1.56. The van der Waals surface area contributed by atoms with Crippen molar-refractivity contribution >= 4 is 29.3 Å². The predicted molar refractivity (Wildman–Crippen MR) is 66.5 cm³/mol. The van der Waals surface area contributed by atoms with Crippen molar-refractivity contribution in [2.24, 2.45) is 0 Å². The summed E-state index contributed by atoms with van der Waals surface area (Å²) in [6, 6.07) is 5.58. The lowest BCUT2D eigenvalue weighted by Gasteiger charge is -2.02. The molecule has 0 atom stereocenters. The largest absolute Gasteiger partial charge is 0.468 e. The second-order valence-corrected chi connectivity index (χ2v) is 4.75. The highest BCUT2D eigenvalue weighted by Gasteiger charge is 2.04. The van der Waals surface area contributed by atoms with Crippen molar-refractivity contribution in [1.82, 2.24) is 9.97 Å². The summed E-state index contributed by atoms with van der Waals surface area (Å²) in [6.07, 6.45) is 3.59. The molecular weight excluding hydrogens is 242 g/mol. The quantitative estimate of drug-likeness (QED) is 0.513. The Morgan fingerprint density at radius 3 is 3.00 bits per heavy atom. The maximum absolute atomic E-state index is 5.68. The zero-order chi connectivity index (χ0) is 11.4. The van der Waals surface area contributed by atoms with Crippen LogP contribution in [0.5, 0.6) is 0 Å². The highest BCUT2D eigenvalue weighted by Crippen LogP contribution is 2.24. The van der Waals surface area contributed by atoms with Gasteiger partial charge in [0.1, 0.15) is 16.6 Å². The summed E-state index contributed by atoms with van der Waals surface area (Å²) in [5.41, 5.74) is 5.68. The van der Waals surface area contributed by atoms with Crippen LogP contribution in [0.3, 0.4) is 0 Å². The summed E-state index contributed by atoms with van der Waals surface area (Å²) in [4.78, 5) is 8.43. The molecule has 0 aromatic carbocycles. The van der Waals surface area contributed by atoms with E-state index in [0.717, 1.165) is 16.5 Å². The van der Waals surface area contributed by atoms with E-state index < -0.39 is 0 Å². The van der Waals surface area contributed by atoms with Crippen LogP contribution in [-0.4, -0.2) is 16.2 Å². The maximum Gasteiger partial charge on any atom is 0.190 e. The monoisotopic (exact) mass is 253 g/mol. The zero-order valence-electron chi connectivity index (χ0n) is 8.71. The lowest BCUT2D eigenvalue weighted by Crippen LogP contribution is -1.95. The molecule has 2 N–H and O–H groups in total. The van der Waals surface area contributed by atoms with E-state index in [9.17, 15) is 0 Å². The van der Waals surface area contributed by atoms with E-state index >= 15 is 0 Å². The first kappa shape index (κ1) is 11.3. The molecule has 2 aromatic heterocycles. The number of thioether (sulfide) groups is 2. The molecule has 0 saturated carbocycles. The molecule has 0 aliphatic carbocycles. The van der Waals surface area contributed by atoms with Gasteiger partial charge >= 0.3 is 0 Å². The van der Waals surface area contributed by atoms with Gasteiger partial charge in [0.2, 0.25) is 0 Å². The average Bonchev–Trinajstić information content (AvgIpc) is 2.78. The van der Waals surface area contributed by atoms with Crippen LogP contribution in [0.2, 0.25) is 0 Å². The Bertz CT molecular complexity index is 459. The summed E-state index contributed by atoms with van der Waals surface area (Å²) >= 11 is 3.07. The smallest absolute Gasteiger partial charge is 0.190 e. The average molecular weight is 253 g/mol. The normalized spacial score (nSPS) is 10.6. The van der Waals surface area contributed by atoms with Crippen molar-refractivity contribution in [3.8, 4) is 0 Å². The van der Waals surface area contributed by atoms with Gasteiger partial charge in [-0.25, -0.2) is 9.97 Å². The Balaban J connectivity index is 2.06. The van der Waals surface area contributed by atoms with Crippen molar-refractivity contribution in [2.45, 2.75) is 15.9 Å². The Hall–Kier alpha value is -1.14. The lowest BCUT2D eigenvalue weighted by atomic mass is 10.5. The second-order valence-electron chi connectivity index (χ2n) is 2.99. The van der Waals surface area contributed by atoms with Crippen LogP contribution in [0.15, 0.2) is 39.1 Å². The Morgan fingerprint density at radius 2 is 2.31 bits per heavy atom. The van der Waals surface area contributed by atoms with E-state index in [1.54, 1.807) is 24.1 Å². The molecular formula is C10H11N3OS2. The molecule has 2 rings (SSSR count). The van der Waals surface area contributed by atoms with Crippen molar-refractivity contribution in [3.05, 3.63) is 30.2 Å². The topological polar surface area (TPSA) is 64.9 Å². The number of nitrogen functional groups attached to an aromatic ring is 1. The van der Waals surface area contributed by atoms with Crippen LogP contribution < -0.4 is 5.73 Å². The minimum Gasteiger partial charge on any atom is -0.468 e. The van der Waals surface area contributed by atoms with Gasteiger partial charge in [0, 0.05) is 6.07 Å². The highest BCUT2D eigenvalue weighted by molar-refractivity contribution is 7.99. The number of nitrogens with two attached hydrogens (primary N) is 1. The summed E-state index contributed by atoms with van der Waals surface area (Å²) < 4.78 is 5.24. The second kappa shape index (κ2) is 5.27. The third-order valence-electron chi connectivity index (χ3n) is 1.83. The third kappa shape index (κ3) is 2.93. The van der Waals surface area contributed by atoms with E-state index in [1.165, 1.54) is 11.8 Å². The van der Waals surface area contributed by atoms with Crippen LogP contribution in [0.4, 0.5) is 5.82 Å². The zero-order valence-corrected chi connectivity index (χ0v) is 10.3. The predicted octanol–water partition coefficient (Wildman–Crippen LogP) is 2.67. The van der Waals surface area contributed by atoms with E-state index in [-0.39, 0.29) is 0 Å². The Morgan fingerprint density at radius 1 is 1.44 bits per heavy atom. The first-order valence-corrected chi connectivity index (χ1v) is 6.82. The van der Waals surface area contributed by atoms with Gasteiger partial charge in [-0.2, -0.15) is 0 Å². The molecule has 0 bridgehead atoms. The van der Waals surface area contributed by atoms with E-state index in [2.05, 4.69) is 9.97 Å². The van der Waals surface area contributed by atoms with Gasteiger partial charge in [-0.3, -0.25) is 0 Å². The molecule has 0 spiro atoms. The van der Waals surface area contributed by atoms with E-state index in [0.29, 0.717) is 11.0 Å². The number of furan rings is 1. The van der Waals surface area contributed by atoms with Gasteiger partial charge < -0.3 is 10.2 Å². The number of anilines is 1. The van der Waals surface area contributed by atoms with Gasteiger partial charge in [-0.05, 0) is 18.4 Å². The SMILES string of the molecule is CSc1nc(N)cc(SCc2ccco2)n1. The number of rotatable bonds is 4. The molecule has 0 radical (unpaired) electrons.